The SMILES string of the molecule is C[C@@H](NS(=O)(=O)c1cc(F)ccc1F)c1ccc(Cl)cc1. The van der Waals surface area contributed by atoms with E-state index in [0.717, 1.165) is 12.1 Å². The van der Waals surface area contributed by atoms with Crippen LogP contribution in [0.4, 0.5) is 8.78 Å². The van der Waals surface area contributed by atoms with Crippen LogP contribution in [0.15, 0.2) is 47.4 Å². The maximum absolute atomic E-state index is 13.6. The summed E-state index contributed by atoms with van der Waals surface area (Å²) in [6.45, 7) is 1.60. The Hall–Kier alpha value is -1.50. The minimum atomic E-state index is -4.17. The van der Waals surface area contributed by atoms with Crippen LogP contribution in [-0.2, 0) is 10.0 Å². The van der Waals surface area contributed by atoms with Crippen LogP contribution in [-0.4, -0.2) is 8.42 Å². The van der Waals surface area contributed by atoms with Crippen molar-refractivity contribution in [2.75, 3.05) is 0 Å². The largest absolute Gasteiger partial charge is 0.244 e. The highest BCUT2D eigenvalue weighted by Gasteiger charge is 2.22. The van der Waals surface area contributed by atoms with Crippen LogP contribution >= 0.6 is 11.6 Å². The summed E-state index contributed by atoms with van der Waals surface area (Å²) in [6.07, 6.45) is 0. The van der Waals surface area contributed by atoms with Crippen molar-refractivity contribution in [2.45, 2.75) is 17.9 Å². The molecule has 0 aliphatic carbocycles. The molecule has 0 spiro atoms. The Labute approximate surface area is 126 Å². The van der Waals surface area contributed by atoms with Crippen molar-refractivity contribution in [3.63, 3.8) is 0 Å². The van der Waals surface area contributed by atoms with Gasteiger partial charge < -0.3 is 0 Å². The first kappa shape index (κ1) is 15.9. The second-order valence-electron chi connectivity index (χ2n) is 4.47. The van der Waals surface area contributed by atoms with Gasteiger partial charge in [-0.1, -0.05) is 23.7 Å². The highest BCUT2D eigenvalue weighted by Crippen LogP contribution is 2.21. The van der Waals surface area contributed by atoms with Crippen LogP contribution in [0.5, 0.6) is 0 Å². The van der Waals surface area contributed by atoms with Crippen molar-refractivity contribution in [3.05, 3.63) is 64.7 Å². The van der Waals surface area contributed by atoms with Gasteiger partial charge >= 0.3 is 0 Å². The molecular weight excluding hydrogens is 320 g/mol. The number of nitrogens with one attached hydrogen (secondary N) is 1. The van der Waals surface area contributed by atoms with E-state index < -0.39 is 32.6 Å². The maximum atomic E-state index is 13.6. The predicted molar refractivity (Wildman–Crippen MR) is 76.5 cm³/mol. The normalized spacial score (nSPS) is 13.1. The number of benzene rings is 2. The average Bonchev–Trinajstić information content (AvgIpc) is 2.41. The molecular formula is C14H12ClF2NO2S. The first-order chi connectivity index (χ1) is 9.79. The molecule has 7 heteroatoms. The standard InChI is InChI=1S/C14H12ClF2NO2S/c1-9(10-2-4-11(15)5-3-10)18-21(19,20)14-8-12(16)6-7-13(14)17/h2-9,18H,1H3/t9-/m1/s1. The second kappa shape index (κ2) is 6.09. The third kappa shape index (κ3) is 3.78. The molecule has 2 aromatic rings. The molecule has 0 amide bonds. The summed E-state index contributed by atoms with van der Waals surface area (Å²) in [7, 11) is -4.17. The lowest BCUT2D eigenvalue weighted by atomic mass is 10.1. The molecule has 3 nitrogen and oxygen atoms in total. The van der Waals surface area contributed by atoms with Gasteiger partial charge in [-0.25, -0.2) is 21.9 Å². The van der Waals surface area contributed by atoms with E-state index in [1.165, 1.54) is 0 Å². The van der Waals surface area contributed by atoms with Crippen molar-refractivity contribution < 1.29 is 17.2 Å². The second-order valence-corrected chi connectivity index (χ2v) is 6.59. The Morgan fingerprint density at radius 3 is 2.33 bits per heavy atom. The minimum Gasteiger partial charge on any atom is -0.207 e. The van der Waals surface area contributed by atoms with Gasteiger partial charge in [-0.05, 0) is 42.8 Å². The van der Waals surface area contributed by atoms with E-state index in [-0.39, 0.29) is 0 Å². The van der Waals surface area contributed by atoms with Gasteiger partial charge in [0.1, 0.15) is 16.5 Å². The van der Waals surface area contributed by atoms with Crippen LogP contribution < -0.4 is 4.72 Å². The third-order valence-electron chi connectivity index (χ3n) is 2.88. The molecule has 0 aromatic heterocycles. The molecule has 0 aliphatic heterocycles. The summed E-state index contributed by atoms with van der Waals surface area (Å²) in [6, 6.07) is 8.19. The Balaban J connectivity index is 2.28. The van der Waals surface area contributed by atoms with Crippen molar-refractivity contribution >= 4 is 21.6 Å². The monoisotopic (exact) mass is 331 g/mol. The smallest absolute Gasteiger partial charge is 0.207 e. The van der Waals surface area contributed by atoms with E-state index in [4.69, 9.17) is 11.6 Å². The summed E-state index contributed by atoms with van der Waals surface area (Å²) in [4.78, 5) is -0.719. The zero-order valence-corrected chi connectivity index (χ0v) is 12.5. The maximum Gasteiger partial charge on any atom is 0.244 e. The topological polar surface area (TPSA) is 46.2 Å². The molecule has 21 heavy (non-hydrogen) atoms. The number of sulfonamides is 1. The van der Waals surface area contributed by atoms with E-state index >= 15 is 0 Å². The lowest BCUT2D eigenvalue weighted by Crippen LogP contribution is -2.27. The quantitative estimate of drug-likeness (QED) is 0.929. The molecule has 0 saturated heterocycles. The van der Waals surface area contributed by atoms with Crippen LogP contribution in [0.25, 0.3) is 0 Å². The number of hydrogen-bond acceptors (Lipinski definition) is 2. The van der Waals surface area contributed by atoms with Gasteiger partial charge in [0.2, 0.25) is 10.0 Å². The molecule has 0 radical (unpaired) electrons. The molecule has 0 saturated carbocycles. The molecule has 112 valence electrons. The Morgan fingerprint density at radius 1 is 1.10 bits per heavy atom. The van der Waals surface area contributed by atoms with Gasteiger partial charge in [0.05, 0.1) is 0 Å². The van der Waals surface area contributed by atoms with Crippen molar-refractivity contribution in [2.24, 2.45) is 0 Å². The van der Waals surface area contributed by atoms with Crippen molar-refractivity contribution in [1.29, 1.82) is 0 Å². The Bertz CT molecular complexity index is 748. The third-order valence-corrected chi connectivity index (χ3v) is 4.69. The van der Waals surface area contributed by atoms with Crippen molar-refractivity contribution in [3.8, 4) is 0 Å². The summed E-state index contributed by atoms with van der Waals surface area (Å²) in [5.74, 6) is -1.83. The van der Waals surface area contributed by atoms with Gasteiger partial charge in [-0.2, -0.15) is 0 Å². The first-order valence-electron chi connectivity index (χ1n) is 6.02. The van der Waals surface area contributed by atoms with Gasteiger partial charge in [-0.15, -0.1) is 0 Å². The van der Waals surface area contributed by atoms with E-state index in [0.29, 0.717) is 16.7 Å². The number of hydrogen-bond donors (Lipinski definition) is 1. The summed E-state index contributed by atoms with van der Waals surface area (Å²) in [5, 5.41) is 0.519. The van der Waals surface area contributed by atoms with Crippen LogP contribution in [0.3, 0.4) is 0 Å². The molecule has 2 aromatic carbocycles. The fraction of sp³-hybridized carbons (Fsp3) is 0.143. The van der Waals surface area contributed by atoms with Crippen molar-refractivity contribution in [1.82, 2.24) is 4.72 Å². The number of rotatable bonds is 4. The molecule has 0 aliphatic rings. The van der Waals surface area contributed by atoms with Gasteiger partial charge in [0, 0.05) is 11.1 Å². The zero-order valence-electron chi connectivity index (χ0n) is 11.0. The van der Waals surface area contributed by atoms with Gasteiger partial charge in [0.25, 0.3) is 0 Å². The highest BCUT2D eigenvalue weighted by molar-refractivity contribution is 7.89. The van der Waals surface area contributed by atoms with Gasteiger partial charge in [0.15, 0.2) is 0 Å². The first-order valence-corrected chi connectivity index (χ1v) is 7.88. The fourth-order valence-corrected chi connectivity index (χ4v) is 3.25. The zero-order chi connectivity index (χ0) is 15.6. The van der Waals surface area contributed by atoms with E-state index in [1.807, 2.05) is 0 Å². The summed E-state index contributed by atoms with van der Waals surface area (Å²) in [5.41, 5.74) is 0.653. The molecule has 0 heterocycles. The lowest BCUT2D eigenvalue weighted by molar-refractivity contribution is 0.538. The predicted octanol–water partition coefficient (Wildman–Crippen LogP) is 3.66. The van der Waals surface area contributed by atoms with Gasteiger partial charge in [-0.3, -0.25) is 0 Å². The van der Waals surface area contributed by atoms with Crippen LogP contribution in [0.1, 0.15) is 18.5 Å². The summed E-state index contributed by atoms with van der Waals surface area (Å²) < 4.78 is 53.2. The molecule has 2 rings (SSSR count). The fourth-order valence-electron chi connectivity index (χ4n) is 1.80. The molecule has 0 fully saturated rings. The van der Waals surface area contributed by atoms with E-state index in [9.17, 15) is 17.2 Å². The van der Waals surface area contributed by atoms with Crippen LogP contribution in [0.2, 0.25) is 5.02 Å². The van der Waals surface area contributed by atoms with Crippen LogP contribution in [0, 0.1) is 11.6 Å². The Morgan fingerprint density at radius 2 is 1.71 bits per heavy atom. The number of halogens is 3. The van der Waals surface area contributed by atoms with E-state index in [1.54, 1.807) is 31.2 Å². The Kier molecular flexibility index (Phi) is 4.61. The lowest BCUT2D eigenvalue weighted by Gasteiger charge is -2.15. The minimum absolute atomic E-state index is 0.519. The van der Waals surface area contributed by atoms with E-state index in [2.05, 4.69) is 4.72 Å². The molecule has 0 unspecified atom stereocenters. The average molecular weight is 332 g/mol. The molecule has 1 N–H and O–H groups in total. The molecule has 0 bridgehead atoms. The molecule has 1 atom stereocenters. The highest BCUT2D eigenvalue weighted by atomic mass is 35.5. The summed E-state index contributed by atoms with van der Waals surface area (Å²) >= 11 is 5.75.